The smallest absolute Gasteiger partial charge is 0.160 e. The van der Waals surface area contributed by atoms with Gasteiger partial charge in [0.1, 0.15) is 0 Å². The lowest BCUT2D eigenvalue weighted by Gasteiger charge is -2.08. The minimum atomic E-state index is 0.652. The van der Waals surface area contributed by atoms with Gasteiger partial charge in [-0.25, -0.2) is 19.9 Å². The van der Waals surface area contributed by atoms with Crippen LogP contribution in [0.4, 0.5) is 0 Å². The number of halogens is 1. The van der Waals surface area contributed by atoms with E-state index in [2.05, 4.69) is 137 Å². The number of aryl methyl sites for hydroxylation is 8. The Morgan fingerprint density at radius 3 is 1.35 bits per heavy atom. The molecule has 63 heavy (non-hydrogen) atoms. The van der Waals surface area contributed by atoms with Crippen LogP contribution in [-0.4, -0.2) is 19.9 Å². The van der Waals surface area contributed by atoms with E-state index in [1.807, 2.05) is 36.8 Å². The summed E-state index contributed by atoms with van der Waals surface area (Å²) in [7, 11) is 0. The molecule has 5 nitrogen and oxygen atoms in total. The van der Waals surface area contributed by atoms with Crippen LogP contribution in [0.15, 0.2) is 114 Å². The molecule has 0 unspecified atom stereocenters. The first-order valence-corrected chi connectivity index (χ1v) is 24.8. The highest BCUT2D eigenvalue weighted by Crippen LogP contribution is 2.28. The van der Waals surface area contributed by atoms with E-state index in [9.17, 15) is 5.26 Å². The monoisotopic (exact) mass is 903 g/mol. The molecule has 2 aromatic heterocycles. The zero-order chi connectivity index (χ0) is 44.5. The largest absolute Gasteiger partial charge is 0.237 e. The van der Waals surface area contributed by atoms with Crippen molar-refractivity contribution >= 4 is 15.9 Å². The molecule has 0 aliphatic heterocycles. The summed E-state index contributed by atoms with van der Waals surface area (Å²) in [6.07, 6.45) is 29.1. The molecule has 2 heterocycles. The summed E-state index contributed by atoms with van der Waals surface area (Å²) in [6, 6.07) is 35.2. The van der Waals surface area contributed by atoms with E-state index in [1.165, 1.54) is 122 Å². The van der Waals surface area contributed by atoms with Gasteiger partial charge < -0.3 is 0 Å². The summed E-state index contributed by atoms with van der Waals surface area (Å²) in [5.74, 6) is 1.44. The van der Waals surface area contributed by atoms with Crippen molar-refractivity contribution in [3.63, 3.8) is 0 Å². The van der Waals surface area contributed by atoms with Gasteiger partial charge in [0.05, 0.1) is 11.6 Å². The fraction of sp³-hybridized carbons (Fsp3) is 0.421. The van der Waals surface area contributed by atoms with E-state index in [0.717, 1.165) is 72.1 Å². The SMILES string of the molecule is CCCCCc1ccc(CCc2ccc(-c3ncc(CCCCC)cn3)c(Br)c2)cc1.CCCCCc1ccc(CCc2ccc(-c3nccc(CCCCC)n3)c(C#N)c2)cc1. The van der Waals surface area contributed by atoms with Crippen molar-refractivity contribution in [1.82, 2.24) is 19.9 Å². The molecule has 0 amide bonds. The van der Waals surface area contributed by atoms with Crippen molar-refractivity contribution < 1.29 is 0 Å². The van der Waals surface area contributed by atoms with Crippen LogP contribution in [0, 0.1) is 11.3 Å². The second-order valence-electron chi connectivity index (χ2n) is 17.1. The third-order valence-corrected chi connectivity index (χ3v) is 12.5. The Labute approximate surface area is 388 Å². The zero-order valence-corrected chi connectivity index (χ0v) is 40.2. The molecule has 0 aliphatic carbocycles. The third kappa shape index (κ3) is 16.9. The normalized spacial score (nSPS) is 10.9. The molecule has 330 valence electrons. The van der Waals surface area contributed by atoms with E-state index < -0.39 is 0 Å². The molecule has 6 aromatic rings. The van der Waals surface area contributed by atoms with Crippen LogP contribution in [0.3, 0.4) is 0 Å². The lowest BCUT2D eigenvalue weighted by molar-refractivity contribution is 0.706. The van der Waals surface area contributed by atoms with Crippen LogP contribution >= 0.6 is 15.9 Å². The highest BCUT2D eigenvalue weighted by molar-refractivity contribution is 9.10. The molecule has 0 N–H and O–H groups in total. The number of hydrogen-bond donors (Lipinski definition) is 0. The lowest BCUT2D eigenvalue weighted by atomic mass is 9.98. The Bertz CT molecular complexity index is 2260. The molecule has 0 saturated carbocycles. The van der Waals surface area contributed by atoms with Crippen LogP contribution in [0.1, 0.15) is 155 Å². The summed E-state index contributed by atoms with van der Waals surface area (Å²) in [5.41, 5.74) is 12.9. The molecule has 0 atom stereocenters. The molecule has 0 spiro atoms. The van der Waals surface area contributed by atoms with Crippen molar-refractivity contribution in [2.45, 2.75) is 156 Å². The van der Waals surface area contributed by atoms with E-state index >= 15 is 0 Å². The first-order chi connectivity index (χ1) is 30.9. The van der Waals surface area contributed by atoms with Crippen molar-refractivity contribution in [1.29, 1.82) is 5.26 Å². The highest BCUT2D eigenvalue weighted by Gasteiger charge is 2.11. The lowest BCUT2D eigenvalue weighted by Crippen LogP contribution is -1.99. The van der Waals surface area contributed by atoms with Gasteiger partial charge in [-0.05, 0) is 146 Å². The fourth-order valence-corrected chi connectivity index (χ4v) is 8.44. The van der Waals surface area contributed by atoms with Crippen LogP contribution in [0.25, 0.3) is 22.8 Å². The molecule has 0 saturated heterocycles. The topological polar surface area (TPSA) is 75.3 Å². The van der Waals surface area contributed by atoms with Gasteiger partial charge in [-0.3, -0.25) is 0 Å². The maximum absolute atomic E-state index is 9.75. The summed E-state index contributed by atoms with van der Waals surface area (Å²) < 4.78 is 1.06. The van der Waals surface area contributed by atoms with Crippen LogP contribution in [0.2, 0.25) is 0 Å². The Morgan fingerprint density at radius 2 is 0.857 bits per heavy atom. The van der Waals surface area contributed by atoms with Crippen LogP contribution in [0.5, 0.6) is 0 Å². The maximum Gasteiger partial charge on any atom is 0.160 e. The minimum Gasteiger partial charge on any atom is -0.237 e. The number of rotatable bonds is 24. The molecule has 0 aliphatic rings. The van der Waals surface area contributed by atoms with Gasteiger partial charge >= 0.3 is 0 Å². The van der Waals surface area contributed by atoms with Gasteiger partial charge in [0.15, 0.2) is 11.6 Å². The number of nitrogens with zero attached hydrogens (tertiary/aromatic N) is 5. The average Bonchev–Trinajstić information content (AvgIpc) is 3.32. The van der Waals surface area contributed by atoms with Gasteiger partial charge in [0.2, 0.25) is 0 Å². The molecule has 0 radical (unpaired) electrons. The number of nitriles is 1. The van der Waals surface area contributed by atoms with Gasteiger partial charge in [0.25, 0.3) is 0 Å². The average molecular weight is 905 g/mol. The maximum atomic E-state index is 9.75. The van der Waals surface area contributed by atoms with E-state index in [1.54, 1.807) is 0 Å². The van der Waals surface area contributed by atoms with Crippen LogP contribution < -0.4 is 0 Å². The molecule has 6 heteroatoms. The van der Waals surface area contributed by atoms with Crippen molar-refractivity contribution in [3.05, 3.63) is 164 Å². The second-order valence-corrected chi connectivity index (χ2v) is 17.9. The standard InChI is InChI=1S/C29H35N3.C28H35BrN2/c1-3-5-7-9-23-11-13-24(14-12-23)15-16-25-17-18-28(26(21-25)22-30)29-31-20-19-27(32-29)10-8-6-4-2;1-3-5-7-9-22-11-13-23(14-12-22)15-16-24-17-18-26(27(29)19-24)28-30-20-25(21-31-28)10-8-6-4-2/h11-14,17-21H,3-10,15-16H2,1-2H3;11-14,17-21H,3-10,15-16H2,1-2H3. The Hall–Kier alpha value is -4.99. The second kappa shape index (κ2) is 27.9. The van der Waals surface area contributed by atoms with Crippen molar-refractivity contribution in [3.8, 4) is 28.8 Å². The number of aromatic nitrogens is 4. The van der Waals surface area contributed by atoms with Gasteiger partial charge in [-0.2, -0.15) is 5.26 Å². The molecule has 4 aromatic carbocycles. The predicted molar refractivity (Wildman–Crippen MR) is 268 cm³/mol. The highest BCUT2D eigenvalue weighted by atomic mass is 79.9. The third-order valence-electron chi connectivity index (χ3n) is 11.8. The molecule has 0 bridgehead atoms. The number of hydrogen-bond acceptors (Lipinski definition) is 5. The number of unbranched alkanes of at least 4 members (excludes halogenated alkanes) is 8. The van der Waals surface area contributed by atoms with Gasteiger partial charge in [-0.15, -0.1) is 0 Å². The van der Waals surface area contributed by atoms with Gasteiger partial charge in [0, 0.05) is 39.9 Å². The molecular weight excluding hydrogens is 835 g/mol. The quantitative estimate of drug-likeness (QED) is 0.0566. The zero-order valence-electron chi connectivity index (χ0n) is 38.6. The Morgan fingerprint density at radius 1 is 0.429 bits per heavy atom. The number of benzene rings is 4. The van der Waals surface area contributed by atoms with Crippen molar-refractivity contribution in [2.75, 3.05) is 0 Å². The first kappa shape index (κ1) is 49.0. The minimum absolute atomic E-state index is 0.652. The molecule has 6 rings (SSSR count). The van der Waals surface area contributed by atoms with Crippen LogP contribution in [-0.2, 0) is 51.4 Å². The Balaban J connectivity index is 0.000000238. The van der Waals surface area contributed by atoms with Crippen molar-refractivity contribution in [2.24, 2.45) is 0 Å². The summed E-state index contributed by atoms with van der Waals surface area (Å²) >= 11 is 3.74. The van der Waals surface area contributed by atoms with E-state index in [-0.39, 0.29) is 0 Å². The van der Waals surface area contributed by atoms with E-state index in [0.29, 0.717) is 11.4 Å². The molecular formula is C57H70BrN5. The fourth-order valence-electron chi connectivity index (χ4n) is 7.83. The molecule has 0 fully saturated rings. The van der Waals surface area contributed by atoms with E-state index in [4.69, 9.17) is 4.98 Å². The first-order valence-electron chi connectivity index (χ1n) is 24.0. The predicted octanol–water partition coefficient (Wildman–Crippen LogP) is 15.4. The Kier molecular flexibility index (Phi) is 21.7. The van der Waals surface area contributed by atoms with Gasteiger partial charge in [-0.1, -0.05) is 156 Å². The summed E-state index contributed by atoms with van der Waals surface area (Å²) in [6.45, 7) is 8.93. The summed E-state index contributed by atoms with van der Waals surface area (Å²) in [4.78, 5) is 18.4. The summed E-state index contributed by atoms with van der Waals surface area (Å²) in [5, 5.41) is 9.75.